The molecular weight excluding hydrogens is 821 g/mol. The van der Waals surface area contributed by atoms with E-state index < -0.39 is 67.0 Å². The van der Waals surface area contributed by atoms with Crippen molar-refractivity contribution in [3.8, 4) is 35.6 Å². The van der Waals surface area contributed by atoms with Crippen molar-refractivity contribution in [3.63, 3.8) is 0 Å². The van der Waals surface area contributed by atoms with Crippen LogP contribution in [-0.4, -0.2) is 67.0 Å². The molecule has 0 saturated heterocycles. The first kappa shape index (κ1) is 48.2. The topological polar surface area (TPSA) is 46.2 Å². The molecule has 0 amide bonds. The Labute approximate surface area is 350 Å². The van der Waals surface area contributed by atoms with Gasteiger partial charge in [-0.2, -0.15) is 0 Å². The average molecular weight is 890 g/mol. The third-order valence-electron chi connectivity index (χ3n) is 9.10. The quantitative estimate of drug-likeness (QED) is 0.0643. The fourth-order valence-electron chi connectivity index (χ4n) is 7.81. The second-order valence-electron chi connectivity index (χ2n) is 18.8. The molecule has 0 spiro atoms. The molecule has 0 aromatic heterocycles. The van der Waals surface area contributed by atoms with Crippen LogP contribution >= 0.6 is 0 Å². The van der Waals surface area contributed by atoms with E-state index in [2.05, 4.69) is 212 Å². The number of rotatable bonds is 20. The van der Waals surface area contributed by atoms with Gasteiger partial charge >= 0.3 is 25.7 Å². The van der Waals surface area contributed by atoms with Crippen LogP contribution in [-0.2, 0) is 20.6 Å². The highest BCUT2D eigenvalue weighted by Gasteiger charge is 2.51. The summed E-state index contributed by atoms with van der Waals surface area (Å²) in [5.41, 5.74) is 3.37. The van der Waals surface area contributed by atoms with Crippen molar-refractivity contribution < 1.29 is 20.6 Å². The third-order valence-corrected chi connectivity index (χ3v) is 38.7. The predicted molar refractivity (Wildman–Crippen MR) is 260 cm³/mol. The summed E-state index contributed by atoms with van der Waals surface area (Å²) in [6, 6.07) is 37.1. The summed E-state index contributed by atoms with van der Waals surface area (Å²) < 4.78 is 36.2. The van der Waals surface area contributed by atoms with E-state index in [4.69, 9.17) is 27.0 Å². The maximum atomic E-state index is 7.69. The second-order valence-corrected chi connectivity index (χ2v) is 51.3. The SMILES string of the molecule is C#CC#CC#C[Si](C)(O[Si](C)(C)C)O[Si](C)(CC[Si](C)(C)O[Si](C)(C)C)O[Si](C)(CCC[Si](c1ccccc1)(c1ccccc1)c1ccccc1)O[Si](C)(C)C. The van der Waals surface area contributed by atoms with E-state index in [9.17, 15) is 0 Å². The van der Waals surface area contributed by atoms with Crippen molar-refractivity contribution in [2.45, 2.75) is 122 Å². The monoisotopic (exact) mass is 888 g/mol. The largest absolute Gasteiger partial charge is 0.456 e. The summed E-state index contributed by atoms with van der Waals surface area (Å²) in [4.78, 5) is 0. The van der Waals surface area contributed by atoms with Crippen LogP contribution in [0.25, 0.3) is 0 Å². The molecule has 56 heavy (non-hydrogen) atoms. The number of benzene rings is 3. The van der Waals surface area contributed by atoms with E-state index in [1.807, 2.05) is 0 Å². The van der Waals surface area contributed by atoms with Gasteiger partial charge in [0.2, 0.25) is 0 Å². The summed E-state index contributed by atoms with van der Waals surface area (Å²) in [6.45, 7) is 31.5. The molecule has 3 rings (SSSR count). The van der Waals surface area contributed by atoms with Gasteiger partial charge in [-0.25, -0.2) is 0 Å². The molecule has 0 fully saturated rings. The van der Waals surface area contributed by atoms with Crippen LogP contribution in [0.5, 0.6) is 0 Å². The first-order chi connectivity index (χ1) is 25.8. The minimum Gasteiger partial charge on any atom is -0.456 e. The highest BCUT2D eigenvalue weighted by Crippen LogP contribution is 2.35. The summed E-state index contributed by atoms with van der Waals surface area (Å²) in [7, 11) is -19.5. The molecule has 0 heterocycles. The Kier molecular flexibility index (Phi) is 17.0. The van der Waals surface area contributed by atoms with Crippen molar-refractivity contribution in [1.29, 1.82) is 0 Å². The summed E-state index contributed by atoms with van der Waals surface area (Å²) in [5, 5.41) is 4.25. The molecule has 0 saturated carbocycles. The van der Waals surface area contributed by atoms with Gasteiger partial charge in [0.05, 0.1) is 0 Å². The minimum absolute atomic E-state index is 0.778. The molecule has 0 bridgehead atoms. The average Bonchev–Trinajstić information content (AvgIpc) is 3.06. The van der Waals surface area contributed by atoms with E-state index in [-0.39, 0.29) is 0 Å². The maximum absolute atomic E-state index is 7.69. The molecule has 0 N–H and O–H groups in total. The van der Waals surface area contributed by atoms with Crippen LogP contribution < -0.4 is 15.6 Å². The van der Waals surface area contributed by atoms with Gasteiger partial charge in [0, 0.05) is 0 Å². The molecule has 3 aromatic carbocycles. The Morgan fingerprint density at radius 1 is 0.429 bits per heavy atom. The fraction of sp³-hybridized carbons (Fsp3) is 0.442. The summed E-state index contributed by atoms with van der Waals surface area (Å²) in [5.74, 6) is 10.8. The first-order valence-electron chi connectivity index (χ1n) is 20.0. The van der Waals surface area contributed by atoms with Gasteiger partial charge < -0.3 is 20.6 Å². The molecular formula is C43H68O5Si8. The first-order valence-corrected chi connectivity index (χ1v) is 42.9. The lowest BCUT2D eigenvalue weighted by Crippen LogP contribution is -2.67. The normalized spacial score (nSPS) is 15.8. The molecule has 13 heteroatoms. The van der Waals surface area contributed by atoms with Crippen LogP contribution in [0.15, 0.2) is 91.0 Å². The smallest absolute Gasteiger partial charge is 0.402 e. The predicted octanol–water partition coefficient (Wildman–Crippen LogP) is 9.73. The minimum atomic E-state index is -3.13. The van der Waals surface area contributed by atoms with Crippen LogP contribution in [0.1, 0.15) is 6.42 Å². The van der Waals surface area contributed by atoms with Crippen molar-refractivity contribution >= 4 is 82.6 Å². The molecule has 302 valence electrons. The molecule has 0 aliphatic rings. The van der Waals surface area contributed by atoms with Crippen molar-refractivity contribution in [2.24, 2.45) is 0 Å². The van der Waals surface area contributed by atoms with Crippen molar-refractivity contribution in [3.05, 3.63) is 91.0 Å². The highest BCUT2D eigenvalue weighted by molar-refractivity contribution is 7.11. The number of terminal acetylenes is 1. The van der Waals surface area contributed by atoms with Gasteiger partial charge in [-0.15, -0.1) is 6.42 Å². The van der Waals surface area contributed by atoms with Gasteiger partial charge in [0.15, 0.2) is 33.3 Å². The standard InChI is InChI=1S/C43H68O5Si8/c1-16-17-18-28-36-53(13,45-50(5,6)7)47-55(15,40-39-52(11,12)44-49(2,3)4)48-54(14,46-51(8,9)10)37-29-38-56(41-30-22-19-23-31-41,42-32-24-20-25-33-42)43-34-26-21-27-35-43/h1,19-27,30-35H,29,37-40H2,2-15H3. The zero-order valence-electron chi connectivity index (χ0n) is 36.8. The Morgan fingerprint density at radius 3 is 1.27 bits per heavy atom. The Morgan fingerprint density at radius 2 is 0.857 bits per heavy atom. The summed E-state index contributed by atoms with van der Waals surface area (Å²) in [6.07, 6.45) is 6.40. The number of hydrogen-bond acceptors (Lipinski definition) is 5. The van der Waals surface area contributed by atoms with Gasteiger partial charge in [0.1, 0.15) is 8.07 Å². The van der Waals surface area contributed by atoms with Crippen LogP contribution in [0.3, 0.4) is 0 Å². The van der Waals surface area contributed by atoms with E-state index in [1.165, 1.54) is 15.6 Å². The van der Waals surface area contributed by atoms with E-state index in [0.717, 1.165) is 30.6 Å². The lowest BCUT2D eigenvalue weighted by atomic mass is 10.3. The van der Waals surface area contributed by atoms with Crippen molar-refractivity contribution in [2.75, 3.05) is 0 Å². The zero-order chi connectivity index (χ0) is 41.9. The highest BCUT2D eigenvalue weighted by atomic mass is 28.5. The molecule has 3 unspecified atom stereocenters. The molecule has 0 aliphatic carbocycles. The molecule has 0 radical (unpaired) electrons. The molecule has 3 atom stereocenters. The molecule has 5 nitrogen and oxygen atoms in total. The lowest BCUT2D eigenvalue weighted by molar-refractivity contribution is 0.293. The van der Waals surface area contributed by atoms with Gasteiger partial charge in [0.25, 0.3) is 0 Å². The molecule has 0 aliphatic heterocycles. The second kappa shape index (κ2) is 19.8. The Balaban J connectivity index is 2.15. The lowest BCUT2D eigenvalue weighted by Gasteiger charge is -2.45. The maximum Gasteiger partial charge on any atom is 0.402 e. The third kappa shape index (κ3) is 15.9. The van der Waals surface area contributed by atoms with E-state index in [1.54, 1.807) is 0 Å². The van der Waals surface area contributed by atoms with Gasteiger partial charge in [-0.05, 0) is 155 Å². The van der Waals surface area contributed by atoms with Crippen LogP contribution in [0.4, 0.5) is 0 Å². The van der Waals surface area contributed by atoms with Gasteiger partial charge in [-0.1, -0.05) is 103 Å². The van der Waals surface area contributed by atoms with Crippen LogP contribution in [0.2, 0.25) is 116 Å². The fourth-order valence-corrected chi connectivity index (χ4v) is 45.9. The number of hydrogen-bond donors (Lipinski definition) is 0. The van der Waals surface area contributed by atoms with Crippen molar-refractivity contribution in [1.82, 2.24) is 0 Å². The van der Waals surface area contributed by atoms with E-state index >= 15 is 0 Å². The summed E-state index contributed by atoms with van der Waals surface area (Å²) >= 11 is 0. The van der Waals surface area contributed by atoms with Gasteiger partial charge in [-0.3, -0.25) is 0 Å². The Bertz CT molecular complexity index is 1770. The van der Waals surface area contributed by atoms with Crippen LogP contribution in [0, 0.1) is 35.6 Å². The Hall–Kier alpha value is -2.12. The zero-order valence-corrected chi connectivity index (χ0v) is 44.8. The molecule has 3 aromatic rings. The van der Waals surface area contributed by atoms with E-state index in [0.29, 0.717) is 0 Å².